The topological polar surface area (TPSA) is 111 Å². The lowest BCUT2D eigenvalue weighted by atomic mass is 9.98. The zero-order valence-corrected chi connectivity index (χ0v) is 29.2. The second-order valence-corrected chi connectivity index (χ2v) is 13.6. The average Bonchev–Trinajstić information content (AvgIpc) is 3.66. The molecule has 0 bridgehead atoms. The van der Waals surface area contributed by atoms with Crippen LogP contribution < -0.4 is 18.9 Å². The Kier molecular flexibility index (Phi) is 10.4. The van der Waals surface area contributed by atoms with E-state index < -0.39 is 17.7 Å². The van der Waals surface area contributed by atoms with E-state index in [2.05, 4.69) is 4.98 Å². The van der Waals surface area contributed by atoms with Gasteiger partial charge in [0.25, 0.3) is 0 Å². The van der Waals surface area contributed by atoms with Gasteiger partial charge < -0.3 is 33.3 Å². The number of benzene rings is 2. The van der Waals surface area contributed by atoms with Crippen LogP contribution in [0.1, 0.15) is 61.9 Å². The molecule has 2 aromatic heterocycles. The molecule has 2 aromatic carbocycles. The summed E-state index contributed by atoms with van der Waals surface area (Å²) in [6.07, 6.45) is 2.47. The molecule has 0 saturated carbocycles. The van der Waals surface area contributed by atoms with Crippen LogP contribution in [0.5, 0.6) is 23.0 Å². The average molecular weight is 686 g/mol. The third kappa shape index (κ3) is 7.70. The first-order valence-corrected chi connectivity index (χ1v) is 16.5. The summed E-state index contributed by atoms with van der Waals surface area (Å²) in [5.74, 6) is 1.77. The SMILES string of the molecule is COC(=O)c1sc(-n2cnc3cc(OC)c(OC)cc32)cc1O[C@H](C)c1cccc(OCC2CCN(C(=O)OC(C)(C)C)CC2)c1Cl. The second-order valence-electron chi connectivity index (χ2n) is 12.2. The van der Waals surface area contributed by atoms with Crippen LogP contribution in [0, 0.1) is 5.92 Å². The van der Waals surface area contributed by atoms with Gasteiger partial charge in [-0.3, -0.25) is 4.57 Å². The fourth-order valence-corrected chi connectivity index (χ4v) is 6.67. The van der Waals surface area contributed by atoms with Gasteiger partial charge in [-0.1, -0.05) is 23.7 Å². The number of hydrogen-bond acceptors (Lipinski definition) is 10. The van der Waals surface area contributed by atoms with E-state index in [0.717, 1.165) is 18.4 Å². The molecule has 0 spiro atoms. The Hall–Kier alpha value is -4.16. The van der Waals surface area contributed by atoms with E-state index in [1.165, 1.54) is 18.4 Å². The summed E-state index contributed by atoms with van der Waals surface area (Å²) in [6, 6.07) is 11.0. The Morgan fingerprint density at radius 3 is 2.38 bits per heavy atom. The first-order valence-electron chi connectivity index (χ1n) is 15.3. The number of nitrogens with zero attached hydrogens (tertiary/aromatic N) is 3. The van der Waals surface area contributed by atoms with E-state index in [0.29, 0.717) is 68.7 Å². The summed E-state index contributed by atoms with van der Waals surface area (Å²) in [4.78, 5) is 31.8. The number of esters is 1. The van der Waals surface area contributed by atoms with E-state index in [1.54, 1.807) is 37.6 Å². The fourth-order valence-electron chi connectivity index (χ4n) is 5.34. The number of halogens is 1. The number of likely N-dealkylation sites (tertiary alicyclic amines) is 1. The maximum atomic E-state index is 12.8. The number of imidazole rings is 1. The highest BCUT2D eigenvalue weighted by atomic mass is 35.5. The van der Waals surface area contributed by atoms with Crippen LogP contribution in [0.4, 0.5) is 4.79 Å². The standard InChI is InChI=1S/C34H40ClN3O8S/c1-20(22-9-8-10-25(30(22)35)44-18-21-11-13-37(14-12-21)33(40)46-34(2,3)4)45-28-17-29(47-31(28)32(39)43-7)38-19-36-23-15-26(41-5)27(42-6)16-24(23)38/h8-10,15-17,19-21H,11-14,18H2,1-7H3/t20-/m1/s1. The molecule has 1 aliphatic heterocycles. The highest BCUT2D eigenvalue weighted by molar-refractivity contribution is 7.16. The predicted octanol–water partition coefficient (Wildman–Crippen LogP) is 7.71. The van der Waals surface area contributed by atoms with Crippen molar-refractivity contribution in [3.63, 3.8) is 0 Å². The maximum Gasteiger partial charge on any atom is 0.410 e. The molecule has 3 heterocycles. The van der Waals surface area contributed by atoms with Crippen molar-refractivity contribution in [2.45, 2.75) is 52.2 Å². The minimum absolute atomic E-state index is 0.272. The molecule has 252 valence electrons. The summed E-state index contributed by atoms with van der Waals surface area (Å²) >= 11 is 8.07. The molecule has 1 fully saturated rings. The minimum Gasteiger partial charge on any atom is -0.493 e. The molecular weight excluding hydrogens is 646 g/mol. The number of rotatable bonds is 10. The Balaban J connectivity index is 1.30. The van der Waals surface area contributed by atoms with Gasteiger partial charge in [0.2, 0.25) is 0 Å². The number of ether oxygens (including phenoxy) is 6. The summed E-state index contributed by atoms with van der Waals surface area (Å²) < 4.78 is 35.9. The van der Waals surface area contributed by atoms with Crippen LogP contribution >= 0.6 is 22.9 Å². The van der Waals surface area contributed by atoms with E-state index in [9.17, 15) is 9.59 Å². The number of carbonyl (C=O) groups is 2. The molecule has 1 aliphatic rings. The Morgan fingerprint density at radius 2 is 1.72 bits per heavy atom. The molecule has 1 atom stereocenters. The zero-order chi connectivity index (χ0) is 33.9. The fraction of sp³-hybridized carbons (Fsp3) is 0.441. The minimum atomic E-state index is -0.530. The number of carbonyl (C=O) groups excluding carboxylic acids is 2. The number of amides is 1. The Labute approximate surface area is 283 Å². The second kappa shape index (κ2) is 14.3. The van der Waals surface area contributed by atoms with Crippen LogP contribution in [0.15, 0.2) is 42.7 Å². The predicted molar refractivity (Wildman–Crippen MR) is 180 cm³/mol. The largest absolute Gasteiger partial charge is 0.493 e. The van der Waals surface area contributed by atoms with Crippen molar-refractivity contribution in [2.24, 2.45) is 5.92 Å². The summed E-state index contributed by atoms with van der Waals surface area (Å²) in [5, 5.41) is 1.13. The van der Waals surface area contributed by atoms with Crippen molar-refractivity contribution in [2.75, 3.05) is 41.0 Å². The van der Waals surface area contributed by atoms with Crippen molar-refractivity contribution >= 4 is 46.0 Å². The van der Waals surface area contributed by atoms with Crippen molar-refractivity contribution in [3.05, 3.63) is 58.2 Å². The smallest absolute Gasteiger partial charge is 0.410 e. The lowest BCUT2D eigenvalue weighted by molar-refractivity contribution is 0.0164. The summed E-state index contributed by atoms with van der Waals surface area (Å²) in [6.45, 7) is 9.15. The molecule has 0 radical (unpaired) electrons. The van der Waals surface area contributed by atoms with E-state index in [1.807, 2.05) is 56.5 Å². The third-order valence-corrected chi connectivity index (χ3v) is 9.32. The Morgan fingerprint density at radius 1 is 1.02 bits per heavy atom. The van der Waals surface area contributed by atoms with Crippen molar-refractivity contribution < 1.29 is 38.0 Å². The van der Waals surface area contributed by atoms with Gasteiger partial charge >= 0.3 is 12.1 Å². The lowest BCUT2D eigenvalue weighted by Gasteiger charge is -2.33. The Bertz CT molecular complexity index is 1740. The molecule has 4 aromatic rings. The van der Waals surface area contributed by atoms with Gasteiger partial charge in [0.1, 0.15) is 34.5 Å². The van der Waals surface area contributed by atoms with Crippen molar-refractivity contribution in [1.82, 2.24) is 14.5 Å². The molecule has 47 heavy (non-hydrogen) atoms. The highest BCUT2D eigenvalue weighted by Crippen LogP contribution is 2.40. The highest BCUT2D eigenvalue weighted by Gasteiger charge is 2.28. The van der Waals surface area contributed by atoms with E-state index in [-0.39, 0.29) is 12.0 Å². The number of aromatic nitrogens is 2. The number of piperidine rings is 1. The van der Waals surface area contributed by atoms with Crippen LogP contribution in [-0.2, 0) is 9.47 Å². The van der Waals surface area contributed by atoms with Crippen LogP contribution in [-0.4, -0.2) is 73.1 Å². The normalized spacial score (nSPS) is 14.5. The van der Waals surface area contributed by atoms with Gasteiger partial charge in [-0.2, -0.15) is 0 Å². The molecule has 1 amide bonds. The molecule has 11 nitrogen and oxygen atoms in total. The van der Waals surface area contributed by atoms with Gasteiger partial charge in [0, 0.05) is 36.9 Å². The quantitative estimate of drug-likeness (QED) is 0.155. The van der Waals surface area contributed by atoms with Gasteiger partial charge in [0.15, 0.2) is 16.4 Å². The third-order valence-electron chi connectivity index (χ3n) is 7.82. The molecular formula is C34H40ClN3O8S. The van der Waals surface area contributed by atoms with E-state index >= 15 is 0 Å². The molecule has 5 rings (SSSR count). The molecule has 13 heteroatoms. The maximum absolute atomic E-state index is 12.8. The number of fused-ring (bicyclic) bond motifs is 1. The zero-order valence-electron chi connectivity index (χ0n) is 27.6. The monoisotopic (exact) mass is 685 g/mol. The molecule has 0 unspecified atom stereocenters. The van der Waals surface area contributed by atoms with E-state index in [4.69, 9.17) is 40.0 Å². The van der Waals surface area contributed by atoms with Crippen LogP contribution in [0.3, 0.4) is 0 Å². The van der Waals surface area contributed by atoms with Gasteiger partial charge in [-0.25, -0.2) is 14.6 Å². The number of thiophene rings is 1. The van der Waals surface area contributed by atoms with Gasteiger partial charge in [-0.15, -0.1) is 11.3 Å². The lowest BCUT2D eigenvalue weighted by Crippen LogP contribution is -2.42. The van der Waals surface area contributed by atoms with Gasteiger partial charge in [-0.05, 0) is 52.5 Å². The summed E-state index contributed by atoms with van der Waals surface area (Å²) in [5.41, 5.74) is 1.65. The van der Waals surface area contributed by atoms with Crippen molar-refractivity contribution in [3.8, 4) is 28.0 Å². The molecule has 1 saturated heterocycles. The molecule has 0 aliphatic carbocycles. The van der Waals surface area contributed by atoms with Gasteiger partial charge in [0.05, 0.1) is 44.0 Å². The number of hydrogen-bond donors (Lipinski definition) is 0. The van der Waals surface area contributed by atoms with Crippen LogP contribution in [0.25, 0.3) is 16.0 Å². The van der Waals surface area contributed by atoms with Crippen LogP contribution in [0.2, 0.25) is 5.02 Å². The summed E-state index contributed by atoms with van der Waals surface area (Å²) in [7, 11) is 4.47. The molecule has 0 N–H and O–H groups in total. The number of methoxy groups -OCH3 is 3. The van der Waals surface area contributed by atoms with Crippen molar-refractivity contribution in [1.29, 1.82) is 0 Å². The first-order chi connectivity index (χ1) is 22.4. The first kappa shape index (κ1) is 34.2.